The summed E-state index contributed by atoms with van der Waals surface area (Å²) in [5.74, 6) is 0.719. The molecule has 2 N–H and O–H groups in total. The molecule has 0 saturated heterocycles. The van der Waals surface area contributed by atoms with Gasteiger partial charge in [-0.3, -0.25) is 10.1 Å². The van der Waals surface area contributed by atoms with Crippen LogP contribution in [0, 0.1) is 10.1 Å². The molecule has 1 unspecified atom stereocenters. The summed E-state index contributed by atoms with van der Waals surface area (Å²) < 4.78 is 5.87. The Bertz CT molecular complexity index is 748. The summed E-state index contributed by atoms with van der Waals surface area (Å²) in [5.41, 5.74) is 2.18. The zero-order valence-corrected chi connectivity index (χ0v) is 16.4. The zero-order valence-electron chi connectivity index (χ0n) is 16.4. The highest BCUT2D eigenvalue weighted by atomic mass is 16.6. The first kappa shape index (κ1) is 21.4. The summed E-state index contributed by atoms with van der Waals surface area (Å²) in [6, 6.07) is 16.6. The van der Waals surface area contributed by atoms with E-state index < -0.39 is 4.92 Å². The van der Waals surface area contributed by atoms with Crippen LogP contribution in [0.1, 0.15) is 37.5 Å². The number of nitrogens with zero attached hydrogens (tertiary/aromatic N) is 2. The Balaban J connectivity index is 1.74. The number of nitro groups is 1. The van der Waals surface area contributed by atoms with E-state index in [1.54, 1.807) is 12.1 Å². The van der Waals surface area contributed by atoms with Crippen LogP contribution in [0.3, 0.4) is 0 Å². The van der Waals surface area contributed by atoms with Gasteiger partial charge in [-0.25, -0.2) is 4.99 Å². The number of guanidine groups is 1. The van der Waals surface area contributed by atoms with Crippen LogP contribution in [-0.2, 0) is 11.3 Å². The molecular formula is C21H28N4O3. The van der Waals surface area contributed by atoms with E-state index in [0.717, 1.165) is 31.0 Å². The second-order valence-electron chi connectivity index (χ2n) is 6.32. The Morgan fingerprint density at radius 2 is 1.86 bits per heavy atom. The molecule has 0 amide bonds. The molecule has 0 aliphatic heterocycles. The van der Waals surface area contributed by atoms with Gasteiger partial charge >= 0.3 is 0 Å². The van der Waals surface area contributed by atoms with Crippen molar-refractivity contribution in [3.63, 3.8) is 0 Å². The molecule has 0 spiro atoms. The van der Waals surface area contributed by atoms with Gasteiger partial charge in [0.1, 0.15) is 0 Å². The van der Waals surface area contributed by atoms with E-state index in [9.17, 15) is 10.1 Å². The quantitative estimate of drug-likeness (QED) is 0.214. The van der Waals surface area contributed by atoms with Crippen molar-refractivity contribution >= 4 is 11.6 Å². The lowest BCUT2D eigenvalue weighted by Gasteiger charge is -2.14. The minimum Gasteiger partial charge on any atom is -0.374 e. The molecule has 0 radical (unpaired) electrons. The third kappa shape index (κ3) is 7.36. The number of rotatable bonds is 10. The van der Waals surface area contributed by atoms with E-state index in [1.165, 1.54) is 17.7 Å². The molecule has 0 aliphatic rings. The monoisotopic (exact) mass is 384 g/mol. The van der Waals surface area contributed by atoms with Gasteiger partial charge in [0.25, 0.3) is 5.69 Å². The van der Waals surface area contributed by atoms with Gasteiger partial charge in [-0.1, -0.05) is 42.5 Å². The lowest BCUT2D eigenvalue weighted by atomic mass is 10.1. The fourth-order valence-corrected chi connectivity index (χ4v) is 2.59. The molecule has 28 heavy (non-hydrogen) atoms. The molecule has 0 aromatic heterocycles. The van der Waals surface area contributed by atoms with Gasteiger partial charge in [-0.05, 0) is 31.4 Å². The summed E-state index contributed by atoms with van der Waals surface area (Å²) in [5, 5.41) is 17.2. The third-order valence-electron chi connectivity index (χ3n) is 4.16. The van der Waals surface area contributed by atoms with Gasteiger partial charge in [-0.2, -0.15) is 0 Å². The predicted molar refractivity (Wildman–Crippen MR) is 111 cm³/mol. The van der Waals surface area contributed by atoms with Crippen molar-refractivity contribution < 1.29 is 9.66 Å². The summed E-state index contributed by atoms with van der Waals surface area (Å²) in [7, 11) is 0. The van der Waals surface area contributed by atoms with E-state index in [1.807, 2.05) is 25.1 Å². The minimum absolute atomic E-state index is 0.0743. The Kier molecular flexibility index (Phi) is 8.94. The predicted octanol–water partition coefficient (Wildman–Crippen LogP) is 3.82. The number of hydrogen-bond acceptors (Lipinski definition) is 4. The van der Waals surface area contributed by atoms with Crippen LogP contribution < -0.4 is 10.6 Å². The number of hydrogen-bond donors (Lipinski definition) is 2. The molecule has 7 heteroatoms. The molecule has 0 saturated carbocycles. The van der Waals surface area contributed by atoms with Crippen LogP contribution in [0.5, 0.6) is 0 Å². The van der Waals surface area contributed by atoms with Crippen molar-refractivity contribution in [1.82, 2.24) is 10.6 Å². The van der Waals surface area contributed by atoms with Crippen LogP contribution in [0.2, 0.25) is 0 Å². The van der Waals surface area contributed by atoms with Crippen molar-refractivity contribution in [2.75, 3.05) is 19.7 Å². The molecular weight excluding hydrogens is 356 g/mol. The average Bonchev–Trinajstić information content (AvgIpc) is 2.72. The number of benzene rings is 2. The lowest BCUT2D eigenvalue weighted by molar-refractivity contribution is -0.384. The van der Waals surface area contributed by atoms with E-state index in [-0.39, 0.29) is 11.8 Å². The highest BCUT2D eigenvalue weighted by Gasteiger charge is 2.05. The maximum atomic E-state index is 10.7. The maximum absolute atomic E-state index is 10.7. The molecule has 2 rings (SSSR count). The highest BCUT2D eigenvalue weighted by Crippen LogP contribution is 2.15. The van der Waals surface area contributed by atoms with Crippen molar-refractivity contribution in [2.24, 2.45) is 4.99 Å². The number of non-ortho nitro benzene ring substituents is 1. The highest BCUT2D eigenvalue weighted by molar-refractivity contribution is 5.79. The largest absolute Gasteiger partial charge is 0.374 e. The number of nitro benzene ring substituents is 1. The van der Waals surface area contributed by atoms with Gasteiger partial charge in [0.2, 0.25) is 0 Å². The normalized spacial score (nSPS) is 12.4. The second-order valence-corrected chi connectivity index (χ2v) is 6.32. The van der Waals surface area contributed by atoms with Crippen LogP contribution in [0.25, 0.3) is 0 Å². The first-order valence-electron chi connectivity index (χ1n) is 9.52. The maximum Gasteiger partial charge on any atom is 0.269 e. The van der Waals surface area contributed by atoms with Crippen LogP contribution in [0.4, 0.5) is 5.69 Å². The average molecular weight is 384 g/mol. The van der Waals surface area contributed by atoms with Crippen LogP contribution in [-0.4, -0.2) is 30.6 Å². The molecule has 0 aliphatic carbocycles. The Labute approximate surface area is 166 Å². The second kappa shape index (κ2) is 11.7. The Hall–Kier alpha value is -2.93. The number of aliphatic imine (C=N–C) groups is 1. The molecule has 2 aromatic carbocycles. The molecule has 7 nitrogen and oxygen atoms in total. The van der Waals surface area contributed by atoms with Crippen molar-refractivity contribution in [3.8, 4) is 0 Å². The van der Waals surface area contributed by atoms with Crippen molar-refractivity contribution in [3.05, 3.63) is 75.8 Å². The first-order chi connectivity index (χ1) is 13.6. The smallest absolute Gasteiger partial charge is 0.269 e. The molecule has 0 fully saturated rings. The van der Waals surface area contributed by atoms with Crippen LogP contribution in [0.15, 0.2) is 59.6 Å². The molecule has 1 atom stereocenters. The van der Waals surface area contributed by atoms with Crippen LogP contribution >= 0.6 is 0 Å². The topological polar surface area (TPSA) is 88.8 Å². The summed E-state index contributed by atoms with van der Waals surface area (Å²) in [6.45, 7) is 6.67. The van der Waals surface area contributed by atoms with E-state index in [2.05, 4.69) is 34.7 Å². The van der Waals surface area contributed by atoms with E-state index in [0.29, 0.717) is 13.2 Å². The van der Waals surface area contributed by atoms with Gasteiger partial charge < -0.3 is 15.4 Å². The summed E-state index contributed by atoms with van der Waals surface area (Å²) in [6.07, 6.45) is 0.935. The van der Waals surface area contributed by atoms with Crippen molar-refractivity contribution in [1.29, 1.82) is 0 Å². The number of ether oxygens (including phenoxy) is 1. The zero-order chi connectivity index (χ0) is 20.2. The fourth-order valence-electron chi connectivity index (χ4n) is 2.59. The molecule has 0 heterocycles. The third-order valence-corrected chi connectivity index (χ3v) is 4.16. The standard InChI is InChI=1S/C21H28N4O3/c1-3-22-21(24-16-18-10-12-20(13-11-18)25(26)27)23-14-7-15-28-17(2)19-8-5-4-6-9-19/h4-6,8-13,17H,3,7,14-16H2,1-2H3,(H2,22,23,24). The van der Waals surface area contributed by atoms with Gasteiger partial charge in [0.05, 0.1) is 17.6 Å². The number of nitrogens with one attached hydrogen (secondary N) is 2. The molecule has 150 valence electrons. The lowest BCUT2D eigenvalue weighted by Crippen LogP contribution is -2.38. The Morgan fingerprint density at radius 3 is 2.50 bits per heavy atom. The van der Waals surface area contributed by atoms with E-state index in [4.69, 9.17) is 4.74 Å². The fraction of sp³-hybridized carbons (Fsp3) is 0.381. The minimum atomic E-state index is -0.403. The SMILES string of the molecule is CCNC(=NCc1ccc([N+](=O)[O-])cc1)NCCCOC(C)c1ccccc1. The summed E-state index contributed by atoms with van der Waals surface area (Å²) >= 11 is 0. The van der Waals surface area contributed by atoms with E-state index >= 15 is 0 Å². The summed E-state index contributed by atoms with van der Waals surface area (Å²) in [4.78, 5) is 14.8. The molecule has 0 bridgehead atoms. The van der Waals surface area contributed by atoms with Gasteiger partial charge in [0, 0.05) is 31.8 Å². The Morgan fingerprint density at radius 1 is 1.14 bits per heavy atom. The van der Waals surface area contributed by atoms with Gasteiger partial charge in [0.15, 0.2) is 5.96 Å². The van der Waals surface area contributed by atoms with Crippen molar-refractivity contribution in [2.45, 2.75) is 32.9 Å². The first-order valence-corrected chi connectivity index (χ1v) is 9.52. The molecule has 2 aromatic rings. The van der Waals surface area contributed by atoms with Gasteiger partial charge in [-0.15, -0.1) is 0 Å².